The lowest BCUT2D eigenvalue weighted by Crippen LogP contribution is -2.36. The molecular weight excluding hydrogens is 432 g/mol. The van der Waals surface area contributed by atoms with Crippen LogP contribution in [0.4, 0.5) is 16.3 Å². The zero-order valence-corrected chi connectivity index (χ0v) is 19.5. The van der Waals surface area contributed by atoms with Crippen LogP contribution in [0.5, 0.6) is 0 Å². The van der Waals surface area contributed by atoms with Gasteiger partial charge < -0.3 is 25.0 Å². The highest BCUT2D eigenvalue weighted by Gasteiger charge is 2.20. The maximum Gasteiger partial charge on any atom is 0.319 e. The molecule has 1 aliphatic rings. The number of hydrogen-bond acceptors (Lipinski definition) is 6. The Kier molecular flexibility index (Phi) is 7.59. The summed E-state index contributed by atoms with van der Waals surface area (Å²) in [6, 6.07) is 16.2. The van der Waals surface area contributed by atoms with E-state index in [-0.39, 0.29) is 12.4 Å². The number of aromatic nitrogens is 1. The van der Waals surface area contributed by atoms with Crippen LogP contribution < -0.4 is 15.5 Å². The van der Waals surface area contributed by atoms with Gasteiger partial charge >= 0.3 is 12.0 Å². The zero-order chi connectivity index (χ0) is 23.9. The minimum absolute atomic E-state index is 0.0519. The molecule has 0 radical (unpaired) electrons. The van der Waals surface area contributed by atoms with E-state index >= 15 is 0 Å². The van der Waals surface area contributed by atoms with Crippen LogP contribution in [0.2, 0.25) is 0 Å². The molecular formula is C26H30N4O4. The first kappa shape index (κ1) is 23.5. The van der Waals surface area contributed by atoms with E-state index in [0.717, 1.165) is 40.9 Å². The molecule has 2 heterocycles. The van der Waals surface area contributed by atoms with Gasteiger partial charge in [-0.2, -0.15) is 0 Å². The second kappa shape index (κ2) is 11.0. The second-order valence-corrected chi connectivity index (χ2v) is 8.20. The molecule has 1 atom stereocenters. The van der Waals surface area contributed by atoms with Gasteiger partial charge in [0.25, 0.3) is 0 Å². The van der Waals surface area contributed by atoms with Gasteiger partial charge in [0, 0.05) is 24.2 Å². The number of nitrogens with zero attached hydrogens (tertiary/aromatic N) is 2. The number of carbonyl (C=O) groups is 2. The molecule has 3 aromatic rings. The Balaban J connectivity index is 1.48. The molecule has 178 valence electrons. The smallest absolute Gasteiger partial charge is 0.319 e. The van der Waals surface area contributed by atoms with Crippen LogP contribution in [0, 0.1) is 6.92 Å². The number of fused-ring (bicyclic) bond motifs is 1. The van der Waals surface area contributed by atoms with Crippen molar-refractivity contribution < 1.29 is 19.1 Å². The van der Waals surface area contributed by atoms with Crippen LogP contribution in [0.1, 0.15) is 30.5 Å². The van der Waals surface area contributed by atoms with Gasteiger partial charge in [0.1, 0.15) is 5.82 Å². The molecule has 1 saturated heterocycles. The van der Waals surface area contributed by atoms with E-state index < -0.39 is 12.1 Å². The number of anilines is 2. The number of amides is 2. The molecule has 0 saturated carbocycles. The standard InChI is InChI=1S/C26H30N4O4/c1-3-34-25(31)17-23(19-7-5-4-6-8-19)29-26(32)27-20-9-10-22-21(16-20)18(2)15-24(28-22)30-11-13-33-14-12-30/h4-10,15-16,23H,3,11-14,17H2,1-2H3,(H2,27,29,32)/t23-/m1/s1. The fourth-order valence-electron chi connectivity index (χ4n) is 4.06. The summed E-state index contributed by atoms with van der Waals surface area (Å²) in [5.74, 6) is 0.580. The van der Waals surface area contributed by atoms with Crippen LogP contribution in [0.25, 0.3) is 10.9 Å². The number of nitrogens with one attached hydrogen (secondary N) is 2. The molecule has 0 aliphatic carbocycles. The number of urea groups is 1. The van der Waals surface area contributed by atoms with Crippen molar-refractivity contribution >= 4 is 34.4 Å². The molecule has 1 aromatic heterocycles. The van der Waals surface area contributed by atoms with Crippen molar-refractivity contribution in [2.45, 2.75) is 26.3 Å². The van der Waals surface area contributed by atoms with Crippen molar-refractivity contribution in [3.05, 3.63) is 65.7 Å². The van der Waals surface area contributed by atoms with Gasteiger partial charge in [0.05, 0.1) is 37.8 Å². The predicted octanol–water partition coefficient (Wildman–Crippen LogP) is 4.20. The predicted molar refractivity (Wildman–Crippen MR) is 132 cm³/mol. The van der Waals surface area contributed by atoms with Crippen LogP contribution in [-0.2, 0) is 14.3 Å². The Bertz CT molecular complexity index is 1150. The average Bonchev–Trinajstić information content (AvgIpc) is 2.85. The minimum atomic E-state index is -0.500. The molecule has 2 aromatic carbocycles. The number of aryl methyl sites for hydroxylation is 1. The first-order valence-electron chi connectivity index (χ1n) is 11.6. The van der Waals surface area contributed by atoms with Gasteiger partial charge in [0.2, 0.25) is 0 Å². The number of morpholine rings is 1. The van der Waals surface area contributed by atoms with Gasteiger partial charge in [-0.05, 0) is 49.2 Å². The molecule has 0 unspecified atom stereocenters. The summed E-state index contributed by atoms with van der Waals surface area (Å²) in [6.07, 6.45) is 0.0519. The highest BCUT2D eigenvalue weighted by atomic mass is 16.5. The number of hydrogen-bond donors (Lipinski definition) is 2. The molecule has 4 rings (SSSR count). The topological polar surface area (TPSA) is 92.8 Å². The van der Waals surface area contributed by atoms with Crippen molar-refractivity contribution in [1.29, 1.82) is 0 Å². The van der Waals surface area contributed by atoms with Gasteiger partial charge in [-0.25, -0.2) is 9.78 Å². The number of benzene rings is 2. The lowest BCUT2D eigenvalue weighted by molar-refractivity contribution is -0.143. The Morgan fingerprint density at radius 2 is 1.88 bits per heavy atom. The maximum atomic E-state index is 12.8. The average molecular weight is 463 g/mol. The quantitative estimate of drug-likeness (QED) is 0.512. The van der Waals surface area contributed by atoms with E-state index in [0.29, 0.717) is 25.5 Å². The van der Waals surface area contributed by atoms with Gasteiger partial charge in [0.15, 0.2) is 0 Å². The number of carbonyl (C=O) groups excluding carboxylic acids is 2. The summed E-state index contributed by atoms with van der Waals surface area (Å²) >= 11 is 0. The molecule has 34 heavy (non-hydrogen) atoms. The van der Waals surface area contributed by atoms with Crippen molar-refractivity contribution in [1.82, 2.24) is 10.3 Å². The van der Waals surface area contributed by atoms with Crippen LogP contribution in [-0.4, -0.2) is 49.9 Å². The minimum Gasteiger partial charge on any atom is -0.466 e. The first-order valence-corrected chi connectivity index (χ1v) is 11.6. The summed E-state index contributed by atoms with van der Waals surface area (Å²) in [5, 5.41) is 6.76. The fourth-order valence-corrected chi connectivity index (χ4v) is 4.06. The Morgan fingerprint density at radius 1 is 1.12 bits per heavy atom. The third-order valence-corrected chi connectivity index (χ3v) is 5.78. The maximum absolute atomic E-state index is 12.8. The van der Waals surface area contributed by atoms with E-state index in [2.05, 4.69) is 21.6 Å². The third-order valence-electron chi connectivity index (χ3n) is 5.78. The summed E-state index contributed by atoms with van der Waals surface area (Å²) in [4.78, 5) is 31.9. The molecule has 8 nitrogen and oxygen atoms in total. The third kappa shape index (κ3) is 5.82. The molecule has 8 heteroatoms. The van der Waals surface area contributed by atoms with Crippen LogP contribution >= 0.6 is 0 Å². The number of esters is 1. The number of ether oxygens (including phenoxy) is 2. The molecule has 0 spiro atoms. The largest absolute Gasteiger partial charge is 0.466 e. The van der Waals surface area contributed by atoms with E-state index in [4.69, 9.17) is 14.5 Å². The lowest BCUT2D eigenvalue weighted by atomic mass is 10.0. The van der Waals surface area contributed by atoms with Crippen LogP contribution in [0.3, 0.4) is 0 Å². The Labute approximate surface area is 199 Å². The summed E-state index contributed by atoms with van der Waals surface area (Å²) < 4.78 is 10.5. The van der Waals surface area contributed by atoms with Crippen molar-refractivity contribution in [2.75, 3.05) is 43.1 Å². The van der Waals surface area contributed by atoms with Gasteiger partial charge in [-0.1, -0.05) is 30.3 Å². The Hall–Kier alpha value is -3.65. The summed E-state index contributed by atoms with van der Waals surface area (Å²) in [5.41, 5.74) is 3.44. The number of rotatable bonds is 7. The highest BCUT2D eigenvalue weighted by molar-refractivity contribution is 5.94. The van der Waals surface area contributed by atoms with E-state index in [1.807, 2.05) is 55.5 Å². The fraction of sp³-hybridized carbons (Fsp3) is 0.346. The monoisotopic (exact) mass is 462 g/mol. The molecule has 0 bridgehead atoms. The van der Waals surface area contributed by atoms with E-state index in [9.17, 15) is 9.59 Å². The van der Waals surface area contributed by atoms with Gasteiger partial charge in [-0.3, -0.25) is 4.79 Å². The van der Waals surface area contributed by atoms with Crippen molar-refractivity contribution in [3.8, 4) is 0 Å². The van der Waals surface area contributed by atoms with Crippen LogP contribution in [0.15, 0.2) is 54.6 Å². The molecule has 2 N–H and O–H groups in total. The molecule has 1 aliphatic heterocycles. The van der Waals surface area contributed by atoms with Crippen molar-refractivity contribution in [3.63, 3.8) is 0 Å². The second-order valence-electron chi connectivity index (χ2n) is 8.20. The van der Waals surface area contributed by atoms with E-state index in [1.54, 1.807) is 6.92 Å². The first-order chi connectivity index (χ1) is 16.5. The molecule has 2 amide bonds. The SMILES string of the molecule is CCOC(=O)C[C@@H](NC(=O)Nc1ccc2nc(N3CCOCC3)cc(C)c2c1)c1ccccc1. The normalized spacial score (nSPS) is 14.5. The number of pyridine rings is 1. The van der Waals surface area contributed by atoms with E-state index in [1.165, 1.54) is 0 Å². The summed E-state index contributed by atoms with van der Waals surface area (Å²) in [6.45, 7) is 7.16. The van der Waals surface area contributed by atoms with Gasteiger partial charge in [-0.15, -0.1) is 0 Å². The summed E-state index contributed by atoms with van der Waals surface area (Å²) in [7, 11) is 0. The Morgan fingerprint density at radius 3 is 2.62 bits per heavy atom. The molecule has 1 fully saturated rings. The highest BCUT2D eigenvalue weighted by Crippen LogP contribution is 2.26. The lowest BCUT2D eigenvalue weighted by Gasteiger charge is -2.28. The van der Waals surface area contributed by atoms with Crippen molar-refractivity contribution in [2.24, 2.45) is 0 Å². The zero-order valence-electron chi connectivity index (χ0n) is 19.5.